The average molecular weight is 376 g/mol. The molecule has 0 saturated heterocycles. The molecule has 1 amide bonds. The molecule has 8 nitrogen and oxygen atoms in total. The molecule has 2 heterocycles. The minimum atomic E-state index is -0.582. The van der Waals surface area contributed by atoms with E-state index in [0.29, 0.717) is 17.0 Å². The van der Waals surface area contributed by atoms with Crippen LogP contribution >= 0.6 is 0 Å². The van der Waals surface area contributed by atoms with Crippen LogP contribution < -0.4 is 10.9 Å². The molecule has 0 bridgehead atoms. The SMILES string of the molecule is Cc1cccc2nc(COC(=O)c3ccc(NC(=O)CC#N)cc3)cc(=O)n12. The van der Waals surface area contributed by atoms with Gasteiger partial charge in [-0.1, -0.05) is 6.07 Å². The first-order chi connectivity index (χ1) is 13.5. The third kappa shape index (κ3) is 4.22. The first kappa shape index (κ1) is 18.8. The maximum Gasteiger partial charge on any atom is 0.338 e. The molecular formula is C20H16N4O4. The summed E-state index contributed by atoms with van der Waals surface area (Å²) in [5.41, 5.74) is 2.11. The number of amides is 1. The van der Waals surface area contributed by atoms with Crippen LogP contribution in [0.4, 0.5) is 5.69 Å². The third-order valence-electron chi connectivity index (χ3n) is 3.93. The van der Waals surface area contributed by atoms with Gasteiger partial charge in [-0.3, -0.25) is 14.0 Å². The van der Waals surface area contributed by atoms with Crippen molar-refractivity contribution in [2.24, 2.45) is 0 Å². The van der Waals surface area contributed by atoms with E-state index < -0.39 is 11.9 Å². The zero-order valence-corrected chi connectivity index (χ0v) is 15.0. The number of aryl methyl sites for hydroxylation is 1. The number of fused-ring (bicyclic) bond motifs is 1. The standard InChI is InChI=1S/C20H16N4O4/c1-13-3-2-4-17-22-16(11-19(26)24(13)17)12-28-20(27)14-5-7-15(8-6-14)23-18(25)9-10-21/h2-8,11H,9,12H2,1H3,(H,23,25). The summed E-state index contributed by atoms with van der Waals surface area (Å²) in [4.78, 5) is 40.1. The number of rotatable bonds is 5. The molecule has 3 aromatic rings. The highest BCUT2D eigenvalue weighted by molar-refractivity contribution is 5.93. The van der Waals surface area contributed by atoms with Crippen molar-refractivity contribution in [1.29, 1.82) is 5.26 Å². The zero-order chi connectivity index (χ0) is 20.1. The highest BCUT2D eigenvalue weighted by Crippen LogP contribution is 2.12. The molecule has 0 radical (unpaired) electrons. The Labute approximate surface area is 160 Å². The molecule has 140 valence electrons. The maximum absolute atomic E-state index is 12.2. The van der Waals surface area contributed by atoms with E-state index >= 15 is 0 Å². The number of benzene rings is 1. The van der Waals surface area contributed by atoms with Gasteiger partial charge < -0.3 is 10.1 Å². The molecule has 28 heavy (non-hydrogen) atoms. The third-order valence-corrected chi connectivity index (χ3v) is 3.93. The van der Waals surface area contributed by atoms with Crippen LogP contribution in [0, 0.1) is 18.3 Å². The molecular weight excluding hydrogens is 360 g/mol. The van der Waals surface area contributed by atoms with Gasteiger partial charge in [0.2, 0.25) is 5.91 Å². The Morgan fingerprint density at radius 2 is 1.96 bits per heavy atom. The minimum absolute atomic E-state index is 0.140. The van der Waals surface area contributed by atoms with Gasteiger partial charge >= 0.3 is 5.97 Å². The fraction of sp³-hybridized carbons (Fsp3) is 0.150. The van der Waals surface area contributed by atoms with Crippen LogP contribution in [0.5, 0.6) is 0 Å². The summed E-state index contributed by atoms with van der Waals surface area (Å²) in [6.07, 6.45) is -0.248. The molecule has 3 rings (SSSR count). The fourth-order valence-electron chi connectivity index (χ4n) is 2.63. The summed E-state index contributed by atoms with van der Waals surface area (Å²) in [7, 11) is 0. The summed E-state index contributed by atoms with van der Waals surface area (Å²) in [6, 6.07) is 14.5. The molecule has 0 aliphatic carbocycles. The molecule has 0 saturated carbocycles. The molecule has 0 aliphatic heterocycles. The minimum Gasteiger partial charge on any atom is -0.456 e. The van der Waals surface area contributed by atoms with Gasteiger partial charge in [0.15, 0.2) is 0 Å². The summed E-state index contributed by atoms with van der Waals surface area (Å²) in [5.74, 6) is -1.01. The summed E-state index contributed by atoms with van der Waals surface area (Å²) >= 11 is 0. The van der Waals surface area contributed by atoms with Crippen LogP contribution in [0.25, 0.3) is 5.65 Å². The molecule has 0 fully saturated rings. The number of nitrogens with zero attached hydrogens (tertiary/aromatic N) is 3. The van der Waals surface area contributed by atoms with E-state index in [4.69, 9.17) is 10.00 Å². The number of carbonyl (C=O) groups is 2. The van der Waals surface area contributed by atoms with Gasteiger partial charge in [0.1, 0.15) is 18.7 Å². The number of nitriles is 1. The average Bonchev–Trinajstić information content (AvgIpc) is 2.66. The quantitative estimate of drug-likeness (QED) is 0.683. The van der Waals surface area contributed by atoms with Gasteiger partial charge in [0.05, 0.1) is 17.3 Å². The first-order valence-electron chi connectivity index (χ1n) is 8.40. The smallest absolute Gasteiger partial charge is 0.338 e. The van der Waals surface area contributed by atoms with Crippen molar-refractivity contribution in [2.45, 2.75) is 20.0 Å². The predicted molar refractivity (Wildman–Crippen MR) is 101 cm³/mol. The van der Waals surface area contributed by atoms with Gasteiger partial charge in [-0.25, -0.2) is 9.78 Å². The number of nitrogens with one attached hydrogen (secondary N) is 1. The molecule has 1 aromatic carbocycles. The van der Waals surface area contributed by atoms with E-state index in [2.05, 4.69) is 10.3 Å². The van der Waals surface area contributed by atoms with E-state index in [9.17, 15) is 14.4 Å². The Morgan fingerprint density at radius 3 is 2.68 bits per heavy atom. The lowest BCUT2D eigenvalue weighted by atomic mass is 10.2. The van der Waals surface area contributed by atoms with Crippen LogP contribution in [0.15, 0.2) is 53.3 Å². The molecule has 8 heteroatoms. The number of carbonyl (C=O) groups excluding carboxylic acids is 2. The van der Waals surface area contributed by atoms with Crippen molar-refractivity contribution in [2.75, 3.05) is 5.32 Å². The Morgan fingerprint density at radius 1 is 1.21 bits per heavy atom. The molecule has 2 aromatic heterocycles. The second-order valence-electron chi connectivity index (χ2n) is 5.98. The lowest BCUT2D eigenvalue weighted by Gasteiger charge is -2.08. The highest BCUT2D eigenvalue weighted by Gasteiger charge is 2.10. The summed E-state index contributed by atoms with van der Waals surface area (Å²) in [5, 5.41) is 11.0. The normalized spacial score (nSPS) is 10.3. The molecule has 1 N–H and O–H groups in total. The second kappa shape index (κ2) is 8.14. The van der Waals surface area contributed by atoms with E-state index in [1.54, 1.807) is 18.2 Å². The van der Waals surface area contributed by atoms with Crippen molar-refractivity contribution >= 4 is 23.2 Å². The van der Waals surface area contributed by atoms with E-state index in [0.717, 1.165) is 5.69 Å². The van der Waals surface area contributed by atoms with Crippen molar-refractivity contribution < 1.29 is 14.3 Å². The Hall–Kier alpha value is -3.99. The highest BCUT2D eigenvalue weighted by atomic mass is 16.5. The fourth-order valence-corrected chi connectivity index (χ4v) is 2.63. The van der Waals surface area contributed by atoms with Crippen LogP contribution in [0.1, 0.15) is 28.2 Å². The number of anilines is 1. The Kier molecular flexibility index (Phi) is 5.46. The van der Waals surface area contributed by atoms with Crippen molar-refractivity contribution in [3.8, 4) is 6.07 Å². The Bertz CT molecular complexity index is 1140. The topological polar surface area (TPSA) is 114 Å². The van der Waals surface area contributed by atoms with Gasteiger partial charge in [0.25, 0.3) is 5.56 Å². The molecule has 0 spiro atoms. The number of hydrogen-bond acceptors (Lipinski definition) is 6. The lowest BCUT2D eigenvalue weighted by Crippen LogP contribution is -2.18. The van der Waals surface area contributed by atoms with Crippen molar-refractivity contribution in [3.05, 3.63) is 75.8 Å². The molecule has 0 unspecified atom stereocenters. The second-order valence-corrected chi connectivity index (χ2v) is 5.98. The van der Waals surface area contributed by atoms with Crippen molar-refractivity contribution in [1.82, 2.24) is 9.38 Å². The van der Waals surface area contributed by atoms with Gasteiger partial charge in [-0.15, -0.1) is 0 Å². The Balaban J connectivity index is 1.67. The first-order valence-corrected chi connectivity index (χ1v) is 8.40. The van der Waals surface area contributed by atoms with Crippen LogP contribution in [-0.4, -0.2) is 21.3 Å². The molecule has 0 aliphatic rings. The number of aromatic nitrogens is 2. The van der Waals surface area contributed by atoms with Gasteiger partial charge in [-0.05, 0) is 43.3 Å². The number of hydrogen-bond donors (Lipinski definition) is 1. The number of esters is 1. The number of pyridine rings is 1. The number of ether oxygens (including phenoxy) is 1. The van der Waals surface area contributed by atoms with Gasteiger partial charge in [-0.2, -0.15) is 5.26 Å². The zero-order valence-electron chi connectivity index (χ0n) is 15.0. The largest absolute Gasteiger partial charge is 0.456 e. The summed E-state index contributed by atoms with van der Waals surface area (Å²) < 4.78 is 6.70. The van der Waals surface area contributed by atoms with Crippen LogP contribution in [0.2, 0.25) is 0 Å². The van der Waals surface area contributed by atoms with Gasteiger partial charge in [0, 0.05) is 17.4 Å². The van der Waals surface area contributed by atoms with E-state index in [1.165, 1.54) is 34.7 Å². The monoisotopic (exact) mass is 376 g/mol. The van der Waals surface area contributed by atoms with Crippen molar-refractivity contribution in [3.63, 3.8) is 0 Å². The molecule has 0 atom stereocenters. The maximum atomic E-state index is 12.2. The summed E-state index contributed by atoms with van der Waals surface area (Å²) in [6.45, 7) is 1.67. The predicted octanol–water partition coefficient (Wildman–Crippen LogP) is 2.21. The van der Waals surface area contributed by atoms with Crippen LogP contribution in [0.3, 0.4) is 0 Å². The van der Waals surface area contributed by atoms with Crippen LogP contribution in [-0.2, 0) is 16.1 Å². The lowest BCUT2D eigenvalue weighted by molar-refractivity contribution is -0.115. The van der Waals surface area contributed by atoms with E-state index in [1.807, 2.05) is 13.0 Å². The van der Waals surface area contributed by atoms with E-state index in [-0.39, 0.29) is 24.2 Å².